The third-order valence-corrected chi connectivity index (χ3v) is 9.51. The van der Waals surface area contributed by atoms with Gasteiger partial charge in [-0.15, -0.1) is 25.0 Å². The van der Waals surface area contributed by atoms with Crippen LogP contribution in [0.2, 0.25) is 0 Å². The predicted octanol–water partition coefficient (Wildman–Crippen LogP) is 14.3. The third-order valence-electron chi connectivity index (χ3n) is 9.51. The van der Waals surface area contributed by atoms with Crippen molar-refractivity contribution in [2.45, 2.75) is 118 Å². The molecular weight excluding hydrogens is 780 g/mol. The number of aryl methyl sites for hydroxylation is 2. The fourth-order valence-electron chi connectivity index (χ4n) is 6.48. The number of rotatable bonds is 12. The first-order valence-electron chi connectivity index (χ1n) is 19.1. The first-order valence-corrected chi connectivity index (χ1v) is 19.1. The molecule has 57 heavy (non-hydrogen) atoms. The van der Waals surface area contributed by atoms with E-state index in [-0.39, 0.29) is 33.6 Å². The largest absolute Gasteiger partial charge is 4.00 e. The molecule has 2 aromatic carbocycles. The summed E-state index contributed by atoms with van der Waals surface area (Å²) < 4.78 is 113. The Kier molecular flexibility index (Phi) is 21.4. The minimum atomic E-state index is -1.51. The molecule has 304 valence electrons. The van der Waals surface area contributed by atoms with Gasteiger partial charge in [-0.25, -0.2) is 41.9 Å². The second-order valence-electron chi connectivity index (χ2n) is 13.4. The molecule has 0 N–H and O–H groups in total. The number of hydrogen-bond acceptors (Lipinski definition) is 0. The number of unbranched alkanes of at least 4 members (excludes halogenated alkanes) is 2. The van der Waals surface area contributed by atoms with E-state index in [0.717, 1.165) is 64.2 Å². The molecule has 2 aromatic heterocycles. The van der Waals surface area contributed by atoms with E-state index in [0.29, 0.717) is 22.8 Å². The van der Waals surface area contributed by atoms with Crippen molar-refractivity contribution in [2.24, 2.45) is 0 Å². The van der Waals surface area contributed by atoms with Crippen LogP contribution in [0.25, 0.3) is 11.4 Å². The molecule has 0 saturated heterocycles. The molecule has 2 unspecified atom stereocenters. The summed E-state index contributed by atoms with van der Waals surface area (Å²) in [6.45, 7) is 11.4. The van der Waals surface area contributed by atoms with Crippen LogP contribution in [0.1, 0.15) is 127 Å². The maximum atomic E-state index is 14.2. The van der Waals surface area contributed by atoms with E-state index in [1.165, 1.54) is 21.3 Å². The molecule has 0 saturated carbocycles. The molecule has 2 atom stereocenters. The van der Waals surface area contributed by atoms with Crippen LogP contribution in [-0.4, -0.2) is 9.13 Å². The first kappa shape index (κ1) is 49.3. The molecule has 2 nitrogen and oxygen atoms in total. The van der Waals surface area contributed by atoms with Gasteiger partial charge in [-0.2, -0.15) is 12.2 Å². The molecule has 4 aromatic rings. The average Bonchev–Trinajstić information content (AvgIpc) is 4.04. The van der Waals surface area contributed by atoms with Gasteiger partial charge in [-0.05, 0) is 75.6 Å². The van der Waals surface area contributed by atoms with E-state index in [4.69, 9.17) is 0 Å². The van der Waals surface area contributed by atoms with Crippen LogP contribution in [0.5, 0.6) is 0 Å². The summed E-state index contributed by atoms with van der Waals surface area (Å²) in [6, 6.07) is 9.80. The van der Waals surface area contributed by atoms with Gasteiger partial charge in [0.25, 0.3) is 0 Å². The Labute approximate surface area is 348 Å². The van der Waals surface area contributed by atoms with Gasteiger partial charge in [0.05, 0.1) is 46.5 Å². The van der Waals surface area contributed by atoms with E-state index in [9.17, 15) is 35.1 Å². The summed E-state index contributed by atoms with van der Waals surface area (Å²) in [7, 11) is 0. The Hall–Kier alpha value is -3.89. The molecule has 11 heteroatoms. The maximum Gasteiger partial charge on any atom is 4.00 e. The zero-order valence-corrected chi connectivity index (χ0v) is 35.0. The predicted molar refractivity (Wildman–Crippen MR) is 207 cm³/mol. The first-order chi connectivity index (χ1) is 26.8. The molecule has 0 spiro atoms. The van der Waals surface area contributed by atoms with Crippen molar-refractivity contribution in [3.05, 3.63) is 154 Å². The summed E-state index contributed by atoms with van der Waals surface area (Å²) in [6.07, 6.45) is 27.2. The number of hydrogen-bond donors (Lipinski definition) is 0. The number of allylic oxidation sites excluding steroid dienone is 8. The van der Waals surface area contributed by atoms with Crippen LogP contribution >= 0.6 is 0 Å². The molecule has 0 aliphatic heterocycles. The fourth-order valence-corrected chi connectivity index (χ4v) is 6.48. The van der Waals surface area contributed by atoms with Crippen molar-refractivity contribution in [2.75, 3.05) is 0 Å². The van der Waals surface area contributed by atoms with Gasteiger partial charge in [0.1, 0.15) is 0 Å². The smallest absolute Gasteiger partial charge is 0.336 e. The SMILES string of the molecule is CCCCC(CC)c1ccc(C)n1-c1c(F)c(F)[c-]c(F)c1F.CCCCC(CC)c1ccc(C)n1-c1c(F)c(F)[c-]c(F)c1F.[C-]1=CC=CC1.[C-]1=CC=CC1.[Ti+4]. The van der Waals surface area contributed by atoms with Gasteiger partial charge in [-0.3, -0.25) is 29.7 Å². The second-order valence-corrected chi connectivity index (χ2v) is 13.4. The summed E-state index contributed by atoms with van der Waals surface area (Å²) in [5.41, 5.74) is 0.982. The van der Waals surface area contributed by atoms with Crippen molar-refractivity contribution in [3.63, 3.8) is 0 Å². The molecule has 0 fully saturated rings. The Morgan fingerprint density at radius 2 is 0.877 bits per heavy atom. The molecular formula is C46H50F8N2Ti. The van der Waals surface area contributed by atoms with Gasteiger partial charge in [0.2, 0.25) is 0 Å². The van der Waals surface area contributed by atoms with Crippen LogP contribution in [0.4, 0.5) is 35.1 Å². The van der Waals surface area contributed by atoms with Crippen LogP contribution in [0, 0.1) is 84.7 Å². The minimum absolute atomic E-state index is 0. The average molecular weight is 831 g/mol. The van der Waals surface area contributed by atoms with Gasteiger partial charge in [0, 0.05) is 34.2 Å². The summed E-state index contributed by atoms with van der Waals surface area (Å²) in [5.74, 6) is -11.6. The summed E-state index contributed by atoms with van der Waals surface area (Å²) in [5, 5.41) is 0. The normalized spacial score (nSPS) is 13.3. The van der Waals surface area contributed by atoms with Crippen molar-refractivity contribution < 1.29 is 56.8 Å². The molecule has 6 rings (SSSR count). The molecule has 0 bridgehead atoms. The van der Waals surface area contributed by atoms with Crippen molar-refractivity contribution in [1.82, 2.24) is 9.13 Å². The van der Waals surface area contributed by atoms with E-state index < -0.39 is 57.9 Å². The number of benzene rings is 2. The van der Waals surface area contributed by atoms with Gasteiger partial charge in [-0.1, -0.05) is 53.4 Å². The third kappa shape index (κ3) is 13.1. The molecule has 0 radical (unpaired) electrons. The summed E-state index contributed by atoms with van der Waals surface area (Å²) in [4.78, 5) is 0. The van der Waals surface area contributed by atoms with Crippen molar-refractivity contribution >= 4 is 0 Å². The van der Waals surface area contributed by atoms with Crippen molar-refractivity contribution in [1.29, 1.82) is 0 Å². The van der Waals surface area contributed by atoms with E-state index in [1.807, 2.05) is 38.2 Å². The Morgan fingerprint density at radius 1 is 0.544 bits per heavy atom. The van der Waals surface area contributed by atoms with Crippen molar-refractivity contribution in [3.8, 4) is 11.4 Å². The van der Waals surface area contributed by atoms with Gasteiger partial charge in [0.15, 0.2) is 0 Å². The zero-order valence-electron chi connectivity index (χ0n) is 33.4. The second kappa shape index (κ2) is 24.8. The maximum absolute atomic E-state index is 14.2. The Bertz CT molecular complexity index is 1770. The van der Waals surface area contributed by atoms with Crippen LogP contribution in [0.3, 0.4) is 0 Å². The van der Waals surface area contributed by atoms with E-state index in [2.05, 4.69) is 38.2 Å². The zero-order chi connectivity index (χ0) is 41.4. The quantitative estimate of drug-likeness (QED) is 0.0583. The molecule has 2 aliphatic carbocycles. The van der Waals surface area contributed by atoms with E-state index in [1.54, 1.807) is 38.1 Å². The number of aromatic nitrogens is 2. The van der Waals surface area contributed by atoms with Gasteiger partial charge >= 0.3 is 21.7 Å². The van der Waals surface area contributed by atoms with E-state index >= 15 is 0 Å². The fraction of sp³-hybridized carbons (Fsp3) is 0.391. The molecule has 2 aliphatic rings. The Balaban J connectivity index is 0.000000310. The number of halogens is 8. The molecule has 2 heterocycles. The van der Waals surface area contributed by atoms with Crippen LogP contribution in [0.15, 0.2) is 60.7 Å². The van der Waals surface area contributed by atoms with Crippen LogP contribution in [-0.2, 0) is 21.7 Å². The summed E-state index contributed by atoms with van der Waals surface area (Å²) >= 11 is 0. The minimum Gasteiger partial charge on any atom is -0.336 e. The standard InChI is InChI=1S/2C18H20F4N.2C5H5.Ti/c2*1-4-6-7-12(5-2)15-9-8-11(3)23(15)18-16(21)13(19)10-14(20)17(18)22;2*1-2-4-5-3-1;/h2*8-9,12H,4-7H2,1-3H3;2*1-3H,4H2;/q4*-1;+4. The Morgan fingerprint density at radius 3 is 1.11 bits per heavy atom. The van der Waals surface area contributed by atoms with Gasteiger partial charge < -0.3 is 9.13 Å². The molecule has 0 amide bonds. The number of nitrogens with zero attached hydrogens (tertiary/aromatic N) is 2. The monoisotopic (exact) mass is 830 g/mol. The van der Waals surface area contributed by atoms with Crippen LogP contribution < -0.4 is 0 Å². The topological polar surface area (TPSA) is 9.86 Å².